The summed E-state index contributed by atoms with van der Waals surface area (Å²) in [6, 6.07) is 9.53. The Kier molecular flexibility index (Phi) is 3.80. The molecule has 0 spiro atoms. The Bertz CT molecular complexity index is 804. The summed E-state index contributed by atoms with van der Waals surface area (Å²) in [4.78, 5) is 26.3. The van der Waals surface area contributed by atoms with Gasteiger partial charge in [-0.25, -0.2) is 4.68 Å². The molecule has 1 aromatic heterocycles. The molecule has 1 amide bonds. The summed E-state index contributed by atoms with van der Waals surface area (Å²) in [5.41, 5.74) is 0.444. The number of hydrogen-bond donors (Lipinski definition) is 1. The van der Waals surface area contributed by atoms with E-state index in [0.29, 0.717) is 31.7 Å². The number of nitrogens with zero attached hydrogens (tertiary/aromatic N) is 3. The highest BCUT2D eigenvalue weighted by Crippen LogP contribution is 2.42. The molecule has 0 radical (unpaired) electrons. The molecule has 2 fully saturated rings. The van der Waals surface area contributed by atoms with Gasteiger partial charge in [0.25, 0.3) is 5.91 Å². The standard InChI is InChI=1S/C18H19N3O4/c22-16(13-8-19-21(9-13)15-4-2-1-3-5-15)20-10-14-11-25-7-6-18(14,12-20)17(23)24/h1-5,8-9,14H,6-7,10-12H2,(H,23,24)/t14-,18+/m0/s1. The molecule has 2 aliphatic rings. The van der Waals surface area contributed by atoms with Crippen LogP contribution in [-0.4, -0.2) is 58.0 Å². The van der Waals surface area contributed by atoms with Gasteiger partial charge < -0.3 is 14.7 Å². The number of rotatable bonds is 3. The van der Waals surface area contributed by atoms with Crippen molar-refractivity contribution in [2.24, 2.45) is 11.3 Å². The summed E-state index contributed by atoms with van der Waals surface area (Å²) in [5, 5.41) is 14.0. The van der Waals surface area contributed by atoms with Crippen LogP contribution in [0.1, 0.15) is 16.8 Å². The Morgan fingerprint density at radius 3 is 2.80 bits per heavy atom. The number of fused-ring (bicyclic) bond motifs is 1. The fraction of sp³-hybridized carbons (Fsp3) is 0.389. The van der Waals surface area contributed by atoms with Crippen LogP contribution in [0.15, 0.2) is 42.7 Å². The zero-order valence-electron chi connectivity index (χ0n) is 13.7. The third-order valence-electron chi connectivity index (χ3n) is 5.27. The number of para-hydroxylation sites is 1. The van der Waals surface area contributed by atoms with Crippen LogP contribution >= 0.6 is 0 Å². The maximum atomic E-state index is 12.8. The molecule has 0 unspecified atom stereocenters. The second-order valence-corrected chi connectivity index (χ2v) is 6.68. The van der Waals surface area contributed by atoms with Crippen molar-refractivity contribution in [2.75, 3.05) is 26.3 Å². The van der Waals surface area contributed by atoms with Gasteiger partial charge in [-0.1, -0.05) is 18.2 Å². The van der Waals surface area contributed by atoms with Crippen LogP contribution in [0.2, 0.25) is 0 Å². The summed E-state index contributed by atoms with van der Waals surface area (Å²) < 4.78 is 7.08. The molecular formula is C18H19N3O4. The van der Waals surface area contributed by atoms with Gasteiger partial charge in [0.2, 0.25) is 0 Å². The van der Waals surface area contributed by atoms with Gasteiger partial charge in [0.05, 0.1) is 29.5 Å². The number of hydrogen-bond acceptors (Lipinski definition) is 4. The minimum atomic E-state index is -0.886. The number of carboxylic acid groups (broad SMARTS) is 1. The van der Waals surface area contributed by atoms with Crippen molar-refractivity contribution >= 4 is 11.9 Å². The Hall–Kier alpha value is -2.67. The molecule has 2 atom stereocenters. The Morgan fingerprint density at radius 2 is 2.08 bits per heavy atom. The molecule has 0 saturated carbocycles. The van der Waals surface area contributed by atoms with Gasteiger partial charge >= 0.3 is 5.97 Å². The topological polar surface area (TPSA) is 84.7 Å². The normalized spacial score (nSPS) is 25.6. The Labute approximate surface area is 144 Å². The predicted molar refractivity (Wildman–Crippen MR) is 88.5 cm³/mol. The molecule has 3 heterocycles. The second-order valence-electron chi connectivity index (χ2n) is 6.68. The highest BCUT2D eigenvalue weighted by atomic mass is 16.5. The zero-order valence-corrected chi connectivity index (χ0v) is 13.7. The lowest BCUT2D eigenvalue weighted by Gasteiger charge is -2.33. The van der Waals surface area contributed by atoms with E-state index in [1.54, 1.807) is 15.8 Å². The SMILES string of the molecule is O=C(c1cnn(-c2ccccc2)c1)N1C[C@H]2COCC[C@@]2(C(=O)O)C1. The van der Waals surface area contributed by atoms with Crippen LogP contribution < -0.4 is 0 Å². The Morgan fingerprint density at radius 1 is 1.28 bits per heavy atom. The van der Waals surface area contributed by atoms with Gasteiger partial charge in [-0.2, -0.15) is 5.10 Å². The fourth-order valence-electron chi connectivity index (χ4n) is 3.79. The lowest BCUT2D eigenvalue weighted by molar-refractivity contribution is -0.157. The van der Waals surface area contributed by atoms with E-state index in [1.165, 1.54) is 6.20 Å². The molecule has 2 aromatic rings. The van der Waals surface area contributed by atoms with Crippen molar-refractivity contribution in [1.82, 2.24) is 14.7 Å². The van der Waals surface area contributed by atoms with Crippen molar-refractivity contribution in [3.05, 3.63) is 48.3 Å². The summed E-state index contributed by atoms with van der Waals surface area (Å²) in [5.74, 6) is -1.18. The van der Waals surface area contributed by atoms with Gasteiger partial charge in [0.1, 0.15) is 0 Å². The van der Waals surface area contributed by atoms with Gasteiger partial charge in [-0.3, -0.25) is 9.59 Å². The zero-order chi connectivity index (χ0) is 17.4. The number of carbonyl (C=O) groups is 2. The van der Waals surface area contributed by atoms with Crippen LogP contribution in [-0.2, 0) is 9.53 Å². The first-order chi connectivity index (χ1) is 12.1. The lowest BCUT2D eigenvalue weighted by atomic mass is 9.74. The van der Waals surface area contributed by atoms with E-state index < -0.39 is 11.4 Å². The molecule has 0 aliphatic carbocycles. The largest absolute Gasteiger partial charge is 0.481 e. The smallest absolute Gasteiger partial charge is 0.311 e. The first-order valence-electron chi connectivity index (χ1n) is 8.31. The molecule has 4 rings (SSSR count). The summed E-state index contributed by atoms with van der Waals surface area (Å²) in [7, 11) is 0. The van der Waals surface area contributed by atoms with Crippen LogP contribution in [0.4, 0.5) is 0 Å². The van der Waals surface area contributed by atoms with E-state index in [9.17, 15) is 14.7 Å². The number of benzene rings is 1. The van der Waals surface area contributed by atoms with E-state index in [0.717, 1.165) is 5.69 Å². The van der Waals surface area contributed by atoms with Crippen molar-refractivity contribution in [3.8, 4) is 5.69 Å². The van der Waals surface area contributed by atoms with E-state index in [4.69, 9.17) is 4.74 Å². The summed E-state index contributed by atoms with van der Waals surface area (Å²) >= 11 is 0. The fourth-order valence-corrected chi connectivity index (χ4v) is 3.79. The maximum absolute atomic E-state index is 12.8. The third-order valence-corrected chi connectivity index (χ3v) is 5.27. The molecule has 25 heavy (non-hydrogen) atoms. The van der Waals surface area contributed by atoms with Crippen LogP contribution in [0.3, 0.4) is 0 Å². The number of amides is 1. The van der Waals surface area contributed by atoms with E-state index in [1.807, 2.05) is 30.3 Å². The van der Waals surface area contributed by atoms with Crippen molar-refractivity contribution in [2.45, 2.75) is 6.42 Å². The average molecular weight is 341 g/mol. The van der Waals surface area contributed by atoms with Crippen molar-refractivity contribution in [1.29, 1.82) is 0 Å². The maximum Gasteiger partial charge on any atom is 0.311 e. The monoisotopic (exact) mass is 341 g/mol. The summed E-state index contributed by atoms with van der Waals surface area (Å²) in [6.45, 7) is 1.45. The molecule has 2 saturated heterocycles. The number of ether oxygens (including phenoxy) is 1. The predicted octanol–water partition coefficient (Wildman–Crippen LogP) is 1.44. The quantitative estimate of drug-likeness (QED) is 0.913. The van der Waals surface area contributed by atoms with Crippen LogP contribution in [0.25, 0.3) is 5.69 Å². The van der Waals surface area contributed by atoms with E-state index in [-0.39, 0.29) is 18.4 Å². The first kappa shape index (κ1) is 15.8. The number of aromatic nitrogens is 2. The molecule has 2 aliphatic heterocycles. The van der Waals surface area contributed by atoms with Gasteiger partial charge in [-0.15, -0.1) is 0 Å². The van der Waals surface area contributed by atoms with Crippen molar-refractivity contribution < 1.29 is 19.4 Å². The van der Waals surface area contributed by atoms with E-state index >= 15 is 0 Å². The number of carboxylic acids is 1. The van der Waals surface area contributed by atoms with Gasteiger partial charge in [0.15, 0.2) is 0 Å². The molecule has 7 heteroatoms. The number of carbonyl (C=O) groups excluding carboxylic acids is 1. The molecule has 0 bridgehead atoms. The average Bonchev–Trinajstić information content (AvgIpc) is 3.27. The van der Waals surface area contributed by atoms with Crippen LogP contribution in [0, 0.1) is 11.3 Å². The minimum Gasteiger partial charge on any atom is -0.481 e. The lowest BCUT2D eigenvalue weighted by Crippen LogP contribution is -2.45. The van der Waals surface area contributed by atoms with Gasteiger partial charge in [-0.05, 0) is 18.6 Å². The molecule has 1 N–H and O–H groups in total. The number of likely N-dealkylation sites (tertiary alicyclic amines) is 1. The summed E-state index contributed by atoms with van der Waals surface area (Å²) in [6.07, 6.45) is 3.66. The highest BCUT2D eigenvalue weighted by Gasteiger charge is 2.55. The van der Waals surface area contributed by atoms with Crippen LogP contribution in [0.5, 0.6) is 0 Å². The molecule has 1 aromatic carbocycles. The van der Waals surface area contributed by atoms with Gasteiger partial charge in [0, 0.05) is 31.8 Å². The molecular weight excluding hydrogens is 322 g/mol. The highest BCUT2D eigenvalue weighted by molar-refractivity contribution is 5.94. The number of aliphatic carboxylic acids is 1. The molecule has 7 nitrogen and oxygen atoms in total. The van der Waals surface area contributed by atoms with Crippen molar-refractivity contribution in [3.63, 3.8) is 0 Å². The third kappa shape index (κ3) is 2.60. The van der Waals surface area contributed by atoms with E-state index in [2.05, 4.69) is 5.10 Å². The first-order valence-corrected chi connectivity index (χ1v) is 8.31. The second kappa shape index (κ2) is 6.00. The molecule has 130 valence electrons. The Balaban J connectivity index is 1.56. The minimum absolute atomic E-state index is 0.160.